The molecule has 3 amide bonds. The maximum atomic E-state index is 14.3. The summed E-state index contributed by atoms with van der Waals surface area (Å²) in [6.45, 7) is 5.24. The van der Waals surface area contributed by atoms with Crippen molar-refractivity contribution in [3.05, 3.63) is 66.7 Å². The highest BCUT2D eigenvalue weighted by Crippen LogP contribution is 2.45. The zero-order valence-electron chi connectivity index (χ0n) is 28.1. The highest BCUT2D eigenvalue weighted by molar-refractivity contribution is 5.96. The van der Waals surface area contributed by atoms with Gasteiger partial charge < -0.3 is 34.9 Å². The fourth-order valence-electron chi connectivity index (χ4n) is 6.59. The van der Waals surface area contributed by atoms with Crippen LogP contribution < -0.4 is 20.1 Å². The number of aliphatic carboxylic acids is 1. The maximum Gasteiger partial charge on any atom is 0.408 e. The van der Waals surface area contributed by atoms with Gasteiger partial charge in [-0.05, 0) is 58.6 Å². The molecule has 0 spiro atoms. The first-order chi connectivity index (χ1) is 23.4. The van der Waals surface area contributed by atoms with E-state index in [1.807, 2.05) is 66.7 Å². The number of hydrogen-bond acceptors (Lipinski definition) is 8. The van der Waals surface area contributed by atoms with Crippen molar-refractivity contribution in [1.82, 2.24) is 20.5 Å². The molecule has 49 heavy (non-hydrogen) atoms. The molecule has 1 saturated carbocycles. The number of carbonyl (C=O) groups excluding carboxylic acids is 3. The third-order valence-corrected chi connectivity index (χ3v) is 9.15. The van der Waals surface area contributed by atoms with Gasteiger partial charge in [-0.15, -0.1) is 0 Å². The molecular formula is C37H42N4O8. The largest absolute Gasteiger partial charge is 0.497 e. The molecule has 6 rings (SSSR count). The number of pyridine rings is 1. The highest BCUT2D eigenvalue weighted by Gasteiger charge is 2.61. The van der Waals surface area contributed by atoms with Crippen LogP contribution in [0.1, 0.15) is 52.9 Å². The number of fused-ring (bicyclic) bond motifs is 3. The second-order valence-electron chi connectivity index (χ2n) is 13.9. The zero-order valence-corrected chi connectivity index (χ0v) is 28.1. The van der Waals surface area contributed by atoms with Crippen LogP contribution in [0.4, 0.5) is 4.79 Å². The van der Waals surface area contributed by atoms with Gasteiger partial charge in [0.2, 0.25) is 11.8 Å². The summed E-state index contributed by atoms with van der Waals surface area (Å²) in [5.41, 5.74) is -0.0285. The van der Waals surface area contributed by atoms with E-state index in [9.17, 15) is 24.3 Å². The van der Waals surface area contributed by atoms with Crippen LogP contribution in [0.5, 0.6) is 11.5 Å². The Hall–Kier alpha value is -5.13. The minimum absolute atomic E-state index is 0.0335. The Kier molecular flexibility index (Phi) is 9.24. The maximum absolute atomic E-state index is 14.3. The number of hydrogen-bond donors (Lipinski definition) is 3. The minimum Gasteiger partial charge on any atom is -0.497 e. The van der Waals surface area contributed by atoms with Gasteiger partial charge in [0, 0.05) is 35.4 Å². The number of rotatable bonds is 6. The van der Waals surface area contributed by atoms with Crippen LogP contribution in [0.25, 0.3) is 22.2 Å². The molecule has 12 nitrogen and oxygen atoms in total. The lowest BCUT2D eigenvalue weighted by molar-refractivity contribution is -0.145. The fourth-order valence-corrected chi connectivity index (χ4v) is 6.59. The highest BCUT2D eigenvalue weighted by atomic mass is 16.6. The molecule has 3 aromatic rings. The van der Waals surface area contributed by atoms with Crippen molar-refractivity contribution in [3.63, 3.8) is 0 Å². The van der Waals surface area contributed by atoms with E-state index in [1.165, 1.54) is 4.90 Å². The van der Waals surface area contributed by atoms with Crippen LogP contribution in [-0.2, 0) is 19.1 Å². The summed E-state index contributed by atoms with van der Waals surface area (Å²) < 4.78 is 17.5. The molecule has 2 aromatic carbocycles. The minimum atomic E-state index is -1.44. The van der Waals surface area contributed by atoms with Crippen molar-refractivity contribution in [2.24, 2.45) is 5.92 Å². The second-order valence-corrected chi connectivity index (χ2v) is 13.9. The number of carbonyl (C=O) groups is 4. The molecule has 1 aromatic heterocycles. The molecule has 2 fully saturated rings. The quantitative estimate of drug-likeness (QED) is 0.312. The van der Waals surface area contributed by atoms with E-state index >= 15 is 0 Å². The van der Waals surface area contributed by atoms with Crippen molar-refractivity contribution in [2.75, 3.05) is 13.7 Å². The van der Waals surface area contributed by atoms with Gasteiger partial charge in [-0.2, -0.15) is 0 Å². The van der Waals surface area contributed by atoms with Gasteiger partial charge in [-0.1, -0.05) is 42.5 Å². The molecule has 3 heterocycles. The third kappa shape index (κ3) is 7.33. The Morgan fingerprint density at radius 2 is 1.88 bits per heavy atom. The number of nitrogens with one attached hydrogen (secondary N) is 2. The van der Waals surface area contributed by atoms with E-state index in [0.29, 0.717) is 42.0 Å². The number of carboxylic acids is 1. The van der Waals surface area contributed by atoms with E-state index in [0.717, 1.165) is 10.9 Å². The Morgan fingerprint density at radius 3 is 2.59 bits per heavy atom. The van der Waals surface area contributed by atoms with E-state index in [-0.39, 0.29) is 25.3 Å². The molecule has 0 bridgehead atoms. The number of carboxylic acid groups (broad SMARTS) is 1. The Bertz CT molecular complexity index is 1790. The molecule has 258 valence electrons. The lowest BCUT2D eigenvalue weighted by Crippen LogP contribution is -2.56. The predicted molar refractivity (Wildman–Crippen MR) is 181 cm³/mol. The molecule has 1 unspecified atom stereocenters. The Balaban J connectivity index is 1.34. The van der Waals surface area contributed by atoms with E-state index < -0.39 is 53.2 Å². The summed E-state index contributed by atoms with van der Waals surface area (Å²) in [4.78, 5) is 59.7. The lowest BCUT2D eigenvalue weighted by atomic mass is 10.1. The van der Waals surface area contributed by atoms with Gasteiger partial charge in [0.1, 0.15) is 40.8 Å². The van der Waals surface area contributed by atoms with Crippen LogP contribution >= 0.6 is 0 Å². The summed E-state index contributed by atoms with van der Waals surface area (Å²) in [6, 6.07) is 14.9. The zero-order chi connectivity index (χ0) is 34.9. The van der Waals surface area contributed by atoms with Crippen LogP contribution in [0.15, 0.2) is 66.7 Å². The van der Waals surface area contributed by atoms with Crippen molar-refractivity contribution in [3.8, 4) is 22.8 Å². The summed E-state index contributed by atoms with van der Waals surface area (Å²) in [5.74, 6) is -1.39. The topological polar surface area (TPSA) is 156 Å². The number of aromatic nitrogens is 1. The van der Waals surface area contributed by atoms with Gasteiger partial charge in [0.15, 0.2) is 0 Å². The Labute approximate surface area is 284 Å². The van der Waals surface area contributed by atoms with Crippen LogP contribution in [0, 0.1) is 5.92 Å². The molecule has 5 atom stereocenters. The van der Waals surface area contributed by atoms with Crippen molar-refractivity contribution in [1.29, 1.82) is 0 Å². The molecule has 0 radical (unpaired) electrons. The molecular weight excluding hydrogens is 628 g/mol. The van der Waals surface area contributed by atoms with Crippen LogP contribution in [0.2, 0.25) is 0 Å². The summed E-state index contributed by atoms with van der Waals surface area (Å²) >= 11 is 0. The monoisotopic (exact) mass is 670 g/mol. The molecule has 3 N–H and O–H groups in total. The van der Waals surface area contributed by atoms with E-state index in [2.05, 4.69) is 10.6 Å². The normalized spacial score (nSPS) is 25.5. The lowest BCUT2D eigenvalue weighted by Gasteiger charge is -2.30. The van der Waals surface area contributed by atoms with Crippen LogP contribution in [-0.4, -0.2) is 81.8 Å². The van der Waals surface area contributed by atoms with Crippen LogP contribution in [0.3, 0.4) is 0 Å². The molecule has 1 saturated heterocycles. The number of alkyl carbamates (subject to hydrolysis) is 1. The number of amides is 3. The number of allylic oxidation sites excluding steroid dienone is 1. The first-order valence-corrected chi connectivity index (χ1v) is 16.6. The van der Waals surface area contributed by atoms with E-state index in [1.54, 1.807) is 27.9 Å². The molecule has 3 aliphatic rings. The number of methoxy groups -OCH3 is 1. The van der Waals surface area contributed by atoms with Gasteiger partial charge in [-0.3, -0.25) is 9.59 Å². The smallest absolute Gasteiger partial charge is 0.408 e. The van der Waals surface area contributed by atoms with Gasteiger partial charge in [0.25, 0.3) is 0 Å². The Morgan fingerprint density at radius 1 is 1.10 bits per heavy atom. The molecule has 1 aliphatic carbocycles. The standard InChI is InChI=1S/C37H42N4O8/c1-36(2,3)49-35(46)39-27-14-10-6-9-13-23-20-37(23,34(44)45)40-32(42)30-18-25(21-41(30)33(27)43)48-31-19-28(22-11-7-5-8-12-22)38-29-17-24(47-4)15-16-26(29)31/h5,7-9,11-13,15-17,19,23,25,27,30H,6,10,14,18,20-21H2,1-4H3,(H,39,46)(H,40,42)(H,44,45)/t23?,25-,27+,30+,37-/m1/s1. The van der Waals surface area contributed by atoms with Crippen molar-refractivity contribution in [2.45, 2.75) is 82.2 Å². The average molecular weight is 671 g/mol. The molecule has 12 heteroatoms. The summed E-state index contributed by atoms with van der Waals surface area (Å²) in [5, 5.41) is 16.3. The summed E-state index contributed by atoms with van der Waals surface area (Å²) in [7, 11) is 1.58. The number of nitrogens with zero attached hydrogens (tertiary/aromatic N) is 2. The first kappa shape index (κ1) is 33.8. The van der Waals surface area contributed by atoms with E-state index in [4.69, 9.17) is 19.2 Å². The first-order valence-electron chi connectivity index (χ1n) is 16.6. The van der Waals surface area contributed by atoms with Gasteiger partial charge >= 0.3 is 12.1 Å². The number of ether oxygens (including phenoxy) is 3. The van der Waals surface area contributed by atoms with Crippen molar-refractivity contribution >= 4 is 34.8 Å². The SMILES string of the molecule is COc1ccc2c(O[C@@H]3C[C@H]4C(=O)N[C@]5(C(=O)O)CC5C=CCCC[C@H](NC(=O)OC(C)(C)C)C(=O)N4C3)cc(-c3ccccc3)nc2c1. The second kappa shape index (κ2) is 13.4. The van der Waals surface area contributed by atoms with Crippen molar-refractivity contribution < 1.29 is 38.5 Å². The average Bonchev–Trinajstić information content (AvgIpc) is 3.59. The number of benzene rings is 2. The molecule has 2 aliphatic heterocycles. The summed E-state index contributed by atoms with van der Waals surface area (Å²) in [6.07, 6.45) is 4.09. The van der Waals surface area contributed by atoms with Gasteiger partial charge in [-0.25, -0.2) is 14.6 Å². The fraction of sp³-hybridized carbons (Fsp3) is 0.432. The predicted octanol–water partition coefficient (Wildman–Crippen LogP) is 4.85. The third-order valence-electron chi connectivity index (χ3n) is 9.15. The van der Waals surface area contributed by atoms with Gasteiger partial charge in [0.05, 0.1) is 24.9 Å².